The molecule has 15 heteroatoms. The third kappa shape index (κ3) is 11.6. The van der Waals surface area contributed by atoms with Crippen LogP contribution in [-0.2, 0) is 30.4 Å². The Labute approximate surface area is 350 Å². The van der Waals surface area contributed by atoms with Crippen LogP contribution in [0.3, 0.4) is 0 Å². The number of phenolic OH excluding ortho intramolecular Hbond substituents is 1. The van der Waals surface area contributed by atoms with Gasteiger partial charge in [-0.1, -0.05) is 76.2 Å². The number of phenols is 1. The van der Waals surface area contributed by atoms with Gasteiger partial charge in [0.05, 0.1) is 18.2 Å². The van der Waals surface area contributed by atoms with Crippen LogP contribution in [-0.4, -0.2) is 101 Å². The minimum absolute atomic E-state index is 0.0195. The molecule has 60 heavy (non-hydrogen) atoms. The second-order valence-corrected chi connectivity index (χ2v) is 16.3. The second kappa shape index (κ2) is 20.7. The Bertz CT molecular complexity index is 2070. The zero-order valence-corrected chi connectivity index (χ0v) is 34.7. The molecule has 1 fully saturated rings. The third-order valence-electron chi connectivity index (χ3n) is 10.6. The number of nitrogens with one attached hydrogen (secondary N) is 5. The average Bonchev–Trinajstić information content (AvgIpc) is 3.72. The van der Waals surface area contributed by atoms with Crippen LogP contribution in [0.15, 0.2) is 66.7 Å². The number of ketones is 2. The topological polar surface area (TPSA) is 229 Å². The normalized spacial score (nSPS) is 16.1. The summed E-state index contributed by atoms with van der Waals surface area (Å²) in [6.45, 7) is 8.24. The van der Waals surface area contributed by atoms with Gasteiger partial charge in [0.25, 0.3) is 0 Å². The first-order valence-electron chi connectivity index (χ1n) is 20.7. The first-order chi connectivity index (χ1) is 28.6. The summed E-state index contributed by atoms with van der Waals surface area (Å²) in [6, 6.07) is 14.6. The number of amides is 5. The number of anilines is 1. The van der Waals surface area contributed by atoms with Crippen LogP contribution in [0.2, 0.25) is 0 Å². The Morgan fingerprint density at radius 2 is 1.42 bits per heavy atom. The summed E-state index contributed by atoms with van der Waals surface area (Å²) < 4.78 is 0. The van der Waals surface area contributed by atoms with Crippen LogP contribution in [0.4, 0.5) is 5.69 Å². The van der Waals surface area contributed by atoms with Gasteiger partial charge in [-0.25, -0.2) is 0 Å². The molecule has 8 N–H and O–H groups in total. The lowest BCUT2D eigenvalue weighted by atomic mass is 9.83. The number of aromatic hydroxyl groups is 1. The molecule has 1 aliphatic carbocycles. The van der Waals surface area contributed by atoms with E-state index in [0.717, 1.165) is 5.56 Å². The molecule has 320 valence electrons. The van der Waals surface area contributed by atoms with E-state index in [0.29, 0.717) is 79.7 Å². The van der Waals surface area contributed by atoms with Crippen molar-refractivity contribution in [2.75, 3.05) is 31.5 Å². The van der Waals surface area contributed by atoms with Crippen LogP contribution in [0, 0.1) is 11.8 Å². The number of hydrogen-bond donors (Lipinski definition) is 7. The molecule has 5 amide bonds. The molecule has 2 aliphatic rings. The molecule has 1 aliphatic heterocycles. The van der Waals surface area contributed by atoms with Gasteiger partial charge in [0.2, 0.25) is 29.5 Å². The minimum Gasteiger partial charge on any atom is -0.508 e. The molecule has 1 heterocycles. The molecule has 15 nitrogen and oxygen atoms in total. The molecule has 0 aromatic heterocycles. The number of carbonyl (C=O) groups is 7. The predicted octanol–water partition coefficient (Wildman–Crippen LogP) is 2.82. The van der Waals surface area contributed by atoms with E-state index in [1.54, 1.807) is 54.6 Å². The lowest BCUT2D eigenvalue weighted by molar-refractivity contribution is -0.141. The van der Waals surface area contributed by atoms with Gasteiger partial charge >= 0.3 is 0 Å². The maximum absolute atomic E-state index is 13.9. The van der Waals surface area contributed by atoms with E-state index in [-0.39, 0.29) is 47.4 Å². The highest BCUT2D eigenvalue weighted by Crippen LogP contribution is 2.32. The van der Waals surface area contributed by atoms with Crippen LogP contribution in [0.1, 0.15) is 97.2 Å². The maximum atomic E-state index is 13.9. The van der Waals surface area contributed by atoms with Crippen molar-refractivity contribution in [1.29, 1.82) is 0 Å². The van der Waals surface area contributed by atoms with E-state index in [4.69, 9.17) is 5.73 Å². The molecule has 3 aromatic rings. The van der Waals surface area contributed by atoms with E-state index in [1.807, 2.05) is 27.7 Å². The fourth-order valence-electron chi connectivity index (χ4n) is 7.63. The molecule has 1 saturated heterocycles. The number of hydrogen-bond acceptors (Lipinski definition) is 10. The smallest absolute Gasteiger partial charge is 0.245 e. The quantitative estimate of drug-likeness (QED) is 0.0685. The highest BCUT2D eigenvalue weighted by molar-refractivity contribution is 6.30. The van der Waals surface area contributed by atoms with Crippen LogP contribution in [0.25, 0.3) is 0 Å². The summed E-state index contributed by atoms with van der Waals surface area (Å²) in [7, 11) is 0. The summed E-state index contributed by atoms with van der Waals surface area (Å²) in [5.41, 5.74) is 8.85. The van der Waals surface area contributed by atoms with E-state index < -0.39 is 48.4 Å². The summed E-state index contributed by atoms with van der Waals surface area (Å²) in [4.78, 5) is 94.7. The Hall–Kier alpha value is -6.09. The molecule has 4 atom stereocenters. The lowest BCUT2D eigenvalue weighted by Crippen LogP contribution is -2.56. The number of likely N-dealkylation sites (tertiary alicyclic amines) is 1. The second-order valence-electron chi connectivity index (χ2n) is 16.3. The molecule has 0 radical (unpaired) electrons. The first-order valence-corrected chi connectivity index (χ1v) is 20.7. The zero-order chi connectivity index (χ0) is 43.5. The SMILES string of the molecule is CC(C)C[C@H](NC(=O)[C@@H](N)Cc1ccc(O)cc1)C(=O)NCC(=O)N[C@@H](CC(C)C)C(=O)N1CCC[C@H]1C(=O)NCCCNc1cccc2c1C(=O)c1ccccc1C2=O. The molecule has 0 spiro atoms. The van der Waals surface area contributed by atoms with E-state index >= 15 is 0 Å². The fourth-order valence-corrected chi connectivity index (χ4v) is 7.63. The van der Waals surface area contributed by atoms with E-state index in [2.05, 4.69) is 26.6 Å². The van der Waals surface area contributed by atoms with E-state index in [1.165, 1.54) is 17.0 Å². The number of nitrogens with two attached hydrogens (primary N) is 1. The first kappa shape index (κ1) is 45.0. The van der Waals surface area contributed by atoms with Gasteiger partial charge in [0, 0.05) is 42.0 Å². The van der Waals surface area contributed by atoms with Gasteiger partial charge in [0.15, 0.2) is 11.6 Å². The zero-order valence-electron chi connectivity index (χ0n) is 34.7. The van der Waals surface area contributed by atoms with Crippen molar-refractivity contribution >= 4 is 46.8 Å². The molecule has 3 aromatic carbocycles. The highest BCUT2D eigenvalue weighted by Gasteiger charge is 2.38. The Kier molecular flexibility index (Phi) is 15.6. The van der Waals surface area contributed by atoms with Crippen molar-refractivity contribution < 1.29 is 38.7 Å². The minimum atomic E-state index is -0.958. The Morgan fingerprint density at radius 3 is 2.10 bits per heavy atom. The lowest BCUT2D eigenvalue weighted by Gasteiger charge is -2.29. The molecular weight excluding hydrogens is 767 g/mol. The van der Waals surface area contributed by atoms with Crippen LogP contribution in [0.5, 0.6) is 5.75 Å². The van der Waals surface area contributed by atoms with Gasteiger partial charge in [0.1, 0.15) is 23.9 Å². The van der Waals surface area contributed by atoms with Crippen molar-refractivity contribution in [3.8, 4) is 5.75 Å². The molecular formula is C45H57N7O8. The van der Waals surface area contributed by atoms with Crippen molar-refractivity contribution in [2.45, 2.75) is 90.4 Å². The van der Waals surface area contributed by atoms with Crippen LogP contribution >= 0.6 is 0 Å². The number of fused-ring (bicyclic) bond motifs is 2. The molecule has 0 bridgehead atoms. The number of nitrogens with zero attached hydrogens (tertiary/aromatic N) is 1. The summed E-state index contributed by atoms with van der Waals surface area (Å²) in [6.07, 6.45) is 2.36. The van der Waals surface area contributed by atoms with Gasteiger partial charge in [-0.15, -0.1) is 0 Å². The average molecular weight is 824 g/mol. The van der Waals surface area contributed by atoms with Gasteiger partial charge < -0.3 is 42.3 Å². The number of benzene rings is 3. The van der Waals surface area contributed by atoms with Gasteiger partial charge in [-0.05, 0) is 74.1 Å². The molecule has 0 unspecified atom stereocenters. The standard InChI is InChI=1S/C45H57N7O8/c1-26(2)22-35(51-42(57)33(46)24-28-15-17-29(53)18-16-28)43(58)49-25-38(54)50-36(23-27(3)4)45(60)52-21-8-14-37(52)44(59)48-20-9-19-47-34-13-7-12-32-39(34)41(56)31-11-6-5-10-30(31)40(32)55/h5-7,10-13,15-18,26-27,33,35-37,47,53H,8-9,14,19-25,46H2,1-4H3,(H,48,59)(H,49,58)(H,50,54)(H,51,57)/t33-,35-,36-,37-/m0/s1. The number of carbonyl (C=O) groups excluding carboxylic acids is 7. The van der Waals surface area contributed by atoms with Crippen molar-refractivity contribution in [3.63, 3.8) is 0 Å². The molecule has 5 rings (SSSR count). The Balaban J connectivity index is 1.10. The predicted molar refractivity (Wildman–Crippen MR) is 226 cm³/mol. The monoisotopic (exact) mass is 823 g/mol. The third-order valence-corrected chi connectivity index (χ3v) is 10.6. The van der Waals surface area contributed by atoms with Crippen molar-refractivity contribution in [1.82, 2.24) is 26.2 Å². The number of rotatable bonds is 19. The summed E-state index contributed by atoms with van der Waals surface area (Å²) in [5.74, 6) is -2.68. The maximum Gasteiger partial charge on any atom is 0.245 e. The van der Waals surface area contributed by atoms with Crippen molar-refractivity contribution in [3.05, 3.63) is 94.5 Å². The molecule has 0 saturated carbocycles. The Morgan fingerprint density at radius 1 is 0.767 bits per heavy atom. The van der Waals surface area contributed by atoms with Gasteiger partial charge in [-0.2, -0.15) is 0 Å². The van der Waals surface area contributed by atoms with Crippen molar-refractivity contribution in [2.24, 2.45) is 17.6 Å². The largest absolute Gasteiger partial charge is 0.508 e. The van der Waals surface area contributed by atoms with Crippen LogP contribution < -0.4 is 32.3 Å². The van der Waals surface area contributed by atoms with Gasteiger partial charge in [-0.3, -0.25) is 33.6 Å². The van der Waals surface area contributed by atoms with E-state index in [9.17, 15) is 38.7 Å². The summed E-state index contributed by atoms with van der Waals surface area (Å²) in [5, 5.41) is 23.8. The highest BCUT2D eigenvalue weighted by atomic mass is 16.3. The summed E-state index contributed by atoms with van der Waals surface area (Å²) >= 11 is 0. The fraction of sp³-hybridized carbons (Fsp3) is 0.444.